The average Bonchev–Trinajstić information content (AvgIpc) is 2.48. The number of Topliss-reactive ketones (excluding diaryl/α,β-unsaturated/α-hetero) is 1. The molecule has 3 nitrogen and oxygen atoms in total. The first kappa shape index (κ1) is 15.4. The second-order valence-corrected chi connectivity index (χ2v) is 5.67. The van der Waals surface area contributed by atoms with Crippen LogP contribution < -0.4 is 0 Å². The number of carbonyl (C=O) groups is 2. The van der Waals surface area contributed by atoms with Crippen molar-refractivity contribution < 1.29 is 14.3 Å². The normalized spacial score (nSPS) is 10.2. The minimum atomic E-state index is -0.405. The zero-order chi connectivity index (χ0) is 15.2. The van der Waals surface area contributed by atoms with Gasteiger partial charge in [-0.1, -0.05) is 57.9 Å². The number of rotatable bonds is 5. The summed E-state index contributed by atoms with van der Waals surface area (Å²) in [6, 6.07) is 14.6. The van der Waals surface area contributed by atoms with Gasteiger partial charge in [0.2, 0.25) is 0 Å². The molecule has 0 saturated heterocycles. The first-order valence-corrected chi connectivity index (χ1v) is 7.34. The Morgan fingerprint density at radius 2 is 1.62 bits per heavy atom. The van der Waals surface area contributed by atoms with E-state index in [1.165, 1.54) is 0 Å². The molecule has 0 aliphatic heterocycles. The molecule has 0 atom stereocenters. The third-order valence-electron chi connectivity index (χ3n) is 3.00. The van der Waals surface area contributed by atoms with Crippen molar-refractivity contribution in [3.63, 3.8) is 0 Å². The van der Waals surface area contributed by atoms with E-state index >= 15 is 0 Å². The Morgan fingerprint density at radius 1 is 1.00 bits per heavy atom. The van der Waals surface area contributed by atoms with Crippen LogP contribution in [-0.2, 0) is 16.0 Å². The summed E-state index contributed by atoms with van der Waals surface area (Å²) in [6.45, 7) is 1.73. The van der Waals surface area contributed by atoms with Gasteiger partial charge < -0.3 is 4.74 Å². The Hall–Kier alpha value is -1.94. The van der Waals surface area contributed by atoms with Crippen LogP contribution in [0.3, 0.4) is 0 Å². The topological polar surface area (TPSA) is 43.4 Å². The van der Waals surface area contributed by atoms with E-state index in [2.05, 4.69) is 15.9 Å². The molecule has 0 saturated carbocycles. The van der Waals surface area contributed by atoms with Crippen molar-refractivity contribution in [1.29, 1.82) is 0 Å². The van der Waals surface area contributed by atoms with Crippen LogP contribution in [0.15, 0.2) is 53.0 Å². The summed E-state index contributed by atoms with van der Waals surface area (Å²) in [4.78, 5) is 23.6. The zero-order valence-corrected chi connectivity index (χ0v) is 13.2. The van der Waals surface area contributed by atoms with Gasteiger partial charge in [0.15, 0.2) is 12.4 Å². The molecule has 0 aliphatic carbocycles. The number of aryl methyl sites for hydroxylation is 1. The number of hydrogen-bond acceptors (Lipinski definition) is 3. The van der Waals surface area contributed by atoms with Crippen LogP contribution in [0.5, 0.6) is 0 Å². The fourth-order valence-corrected chi connectivity index (χ4v) is 2.05. The highest BCUT2D eigenvalue weighted by atomic mass is 79.9. The van der Waals surface area contributed by atoms with Crippen LogP contribution in [0.2, 0.25) is 0 Å². The number of esters is 1. The lowest BCUT2D eigenvalue weighted by Gasteiger charge is -2.05. The van der Waals surface area contributed by atoms with Crippen LogP contribution in [0.25, 0.3) is 0 Å². The first-order chi connectivity index (χ1) is 10.0. The van der Waals surface area contributed by atoms with E-state index < -0.39 is 5.97 Å². The molecule has 4 heteroatoms. The molecule has 0 heterocycles. The van der Waals surface area contributed by atoms with E-state index in [0.717, 1.165) is 15.6 Å². The van der Waals surface area contributed by atoms with Crippen LogP contribution in [-0.4, -0.2) is 18.4 Å². The van der Waals surface area contributed by atoms with E-state index in [9.17, 15) is 9.59 Å². The second kappa shape index (κ2) is 7.18. The number of ether oxygens (including phenoxy) is 1. The highest BCUT2D eigenvalue weighted by Gasteiger charge is 2.10. The largest absolute Gasteiger partial charge is 0.457 e. The molecular weight excluding hydrogens is 332 g/mol. The molecule has 2 aromatic carbocycles. The fourth-order valence-electron chi connectivity index (χ4n) is 1.79. The minimum absolute atomic E-state index is 0.161. The molecule has 0 spiro atoms. The van der Waals surface area contributed by atoms with Gasteiger partial charge in [-0.05, 0) is 24.6 Å². The second-order valence-electron chi connectivity index (χ2n) is 4.75. The molecule has 0 fully saturated rings. The van der Waals surface area contributed by atoms with Crippen LogP contribution >= 0.6 is 15.9 Å². The Labute approximate surface area is 132 Å². The molecule has 2 rings (SSSR count). The van der Waals surface area contributed by atoms with E-state index in [-0.39, 0.29) is 18.8 Å². The van der Waals surface area contributed by atoms with Crippen molar-refractivity contribution in [2.24, 2.45) is 0 Å². The van der Waals surface area contributed by atoms with Crippen molar-refractivity contribution in [2.45, 2.75) is 13.3 Å². The molecule has 0 bridgehead atoms. The van der Waals surface area contributed by atoms with Gasteiger partial charge in [-0.3, -0.25) is 9.59 Å². The predicted molar refractivity (Wildman–Crippen MR) is 84.3 cm³/mol. The summed E-state index contributed by atoms with van der Waals surface area (Å²) >= 11 is 3.33. The lowest BCUT2D eigenvalue weighted by Crippen LogP contribution is -2.15. The molecule has 21 heavy (non-hydrogen) atoms. The lowest BCUT2D eigenvalue weighted by molar-refractivity contribution is -0.141. The maximum absolute atomic E-state index is 11.9. The van der Waals surface area contributed by atoms with Crippen molar-refractivity contribution in [3.8, 4) is 0 Å². The minimum Gasteiger partial charge on any atom is -0.457 e. The maximum Gasteiger partial charge on any atom is 0.310 e. The van der Waals surface area contributed by atoms with Gasteiger partial charge in [-0.2, -0.15) is 0 Å². The van der Waals surface area contributed by atoms with E-state index in [1.807, 2.05) is 43.3 Å². The lowest BCUT2D eigenvalue weighted by atomic mass is 10.1. The van der Waals surface area contributed by atoms with Gasteiger partial charge in [0.05, 0.1) is 6.42 Å². The monoisotopic (exact) mass is 346 g/mol. The molecule has 0 aromatic heterocycles. The standard InChI is InChI=1S/C17H15BrO3/c1-12-2-6-14(7-3-12)16(19)11-21-17(20)10-13-4-8-15(18)9-5-13/h2-9H,10-11H2,1H3. The Morgan fingerprint density at radius 3 is 2.24 bits per heavy atom. The van der Waals surface area contributed by atoms with Gasteiger partial charge in [-0.15, -0.1) is 0 Å². The molecular formula is C17H15BrO3. The summed E-state index contributed by atoms with van der Waals surface area (Å²) in [5.74, 6) is -0.600. The predicted octanol–water partition coefficient (Wildman–Crippen LogP) is 3.73. The highest BCUT2D eigenvalue weighted by Crippen LogP contribution is 2.11. The Balaban J connectivity index is 1.84. The SMILES string of the molecule is Cc1ccc(C(=O)COC(=O)Cc2ccc(Br)cc2)cc1. The average molecular weight is 347 g/mol. The van der Waals surface area contributed by atoms with Crippen LogP contribution in [0, 0.1) is 6.92 Å². The summed E-state index contributed by atoms with van der Waals surface area (Å²) in [6.07, 6.45) is 0.161. The fraction of sp³-hybridized carbons (Fsp3) is 0.176. The van der Waals surface area contributed by atoms with Crippen molar-refractivity contribution in [3.05, 3.63) is 69.7 Å². The molecule has 0 radical (unpaired) electrons. The molecule has 0 unspecified atom stereocenters. The number of halogens is 1. The highest BCUT2D eigenvalue weighted by molar-refractivity contribution is 9.10. The maximum atomic E-state index is 11.9. The molecule has 108 valence electrons. The van der Waals surface area contributed by atoms with Gasteiger partial charge in [0, 0.05) is 10.0 Å². The van der Waals surface area contributed by atoms with E-state index in [0.29, 0.717) is 5.56 Å². The summed E-state index contributed by atoms with van der Waals surface area (Å²) in [7, 11) is 0. The number of carbonyl (C=O) groups excluding carboxylic acids is 2. The van der Waals surface area contributed by atoms with Crippen LogP contribution in [0.4, 0.5) is 0 Å². The smallest absolute Gasteiger partial charge is 0.310 e. The van der Waals surface area contributed by atoms with E-state index in [4.69, 9.17) is 4.74 Å². The summed E-state index contributed by atoms with van der Waals surface area (Å²) < 4.78 is 5.98. The molecule has 0 N–H and O–H groups in total. The number of ketones is 1. The Kier molecular flexibility index (Phi) is 5.28. The molecule has 0 amide bonds. The van der Waals surface area contributed by atoms with Gasteiger partial charge >= 0.3 is 5.97 Å². The third-order valence-corrected chi connectivity index (χ3v) is 3.53. The van der Waals surface area contributed by atoms with Crippen LogP contribution in [0.1, 0.15) is 21.5 Å². The molecule has 0 aliphatic rings. The van der Waals surface area contributed by atoms with Crippen molar-refractivity contribution >= 4 is 27.7 Å². The third kappa shape index (κ3) is 4.83. The zero-order valence-electron chi connectivity index (χ0n) is 11.6. The Bertz CT molecular complexity index is 630. The first-order valence-electron chi connectivity index (χ1n) is 6.54. The number of benzene rings is 2. The summed E-state index contributed by atoms with van der Waals surface area (Å²) in [5, 5.41) is 0. The van der Waals surface area contributed by atoms with Gasteiger partial charge in [-0.25, -0.2) is 0 Å². The van der Waals surface area contributed by atoms with Gasteiger partial charge in [0.25, 0.3) is 0 Å². The summed E-state index contributed by atoms with van der Waals surface area (Å²) in [5.41, 5.74) is 2.49. The van der Waals surface area contributed by atoms with Crippen molar-refractivity contribution in [2.75, 3.05) is 6.61 Å². The van der Waals surface area contributed by atoms with E-state index in [1.54, 1.807) is 12.1 Å². The number of hydrogen-bond donors (Lipinski definition) is 0. The molecule has 2 aromatic rings. The quantitative estimate of drug-likeness (QED) is 0.612. The van der Waals surface area contributed by atoms with Crippen molar-refractivity contribution in [1.82, 2.24) is 0 Å². The van der Waals surface area contributed by atoms with Gasteiger partial charge in [0.1, 0.15) is 0 Å².